The van der Waals surface area contributed by atoms with E-state index in [1.165, 1.54) is 0 Å². The molecule has 5 nitrogen and oxygen atoms in total. The molecule has 1 rings (SSSR count). The Morgan fingerprint density at radius 3 is 2.36 bits per heavy atom. The number of rotatable bonds is 9. The third-order valence-corrected chi connectivity index (χ3v) is 7.00. The zero-order valence-electron chi connectivity index (χ0n) is 13.7. The Kier molecular flexibility index (Phi) is 7.49. The van der Waals surface area contributed by atoms with Crippen molar-refractivity contribution in [2.24, 2.45) is 0 Å². The molecule has 1 aromatic rings. The van der Waals surface area contributed by atoms with Crippen molar-refractivity contribution in [3.05, 3.63) is 35.9 Å². The molecule has 124 valence electrons. The van der Waals surface area contributed by atoms with Crippen LogP contribution in [0.1, 0.15) is 18.9 Å². The van der Waals surface area contributed by atoms with Gasteiger partial charge in [0.2, 0.25) is 0 Å². The molecular formula is C15H25O5PSi. The molecule has 0 aliphatic heterocycles. The minimum Gasteiger partial charge on any atom is -0.460 e. The van der Waals surface area contributed by atoms with E-state index in [0.29, 0.717) is 13.0 Å². The quantitative estimate of drug-likeness (QED) is 0.382. The summed E-state index contributed by atoms with van der Waals surface area (Å²) in [5, 5.41) is 0. The van der Waals surface area contributed by atoms with Crippen molar-refractivity contribution < 1.29 is 22.8 Å². The minimum atomic E-state index is -3.45. The average molecular weight is 344 g/mol. The Balaban J connectivity index is 2.60. The predicted molar refractivity (Wildman–Crippen MR) is 89.4 cm³/mol. The zero-order chi connectivity index (χ0) is 16.6. The number of carbonyl (C=O) groups excluding carboxylic acids is 1. The molecule has 7 heteroatoms. The third-order valence-electron chi connectivity index (χ3n) is 2.47. The molecule has 0 aliphatic rings. The lowest BCUT2D eigenvalue weighted by Crippen LogP contribution is -2.26. The Morgan fingerprint density at radius 2 is 1.82 bits per heavy atom. The van der Waals surface area contributed by atoms with Gasteiger partial charge in [-0.05, 0) is 31.6 Å². The maximum Gasteiger partial charge on any atom is 0.332 e. The van der Waals surface area contributed by atoms with Crippen LogP contribution in [0, 0.1) is 0 Å². The smallest absolute Gasteiger partial charge is 0.332 e. The van der Waals surface area contributed by atoms with E-state index in [1.54, 1.807) is 0 Å². The lowest BCUT2D eigenvalue weighted by Gasteiger charge is -2.25. The SMILES string of the molecule is CCCO[P@](=O)(CC(=O)OCc1ccccc1)O[Si](C)(C)C. The van der Waals surface area contributed by atoms with Crippen LogP contribution in [-0.4, -0.2) is 27.1 Å². The highest BCUT2D eigenvalue weighted by Crippen LogP contribution is 2.50. The Morgan fingerprint density at radius 1 is 1.18 bits per heavy atom. The summed E-state index contributed by atoms with van der Waals surface area (Å²) in [5.41, 5.74) is 0.881. The van der Waals surface area contributed by atoms with Gasteiger partial charge in [0.15, 0.2) is 8.32 Å². The van der Waals surface area contributed by atoms with Crippen molar-refractivity contribution in [2.75, 3.05) is 12.8 Å². The number of ether oxygens (including phenoxy) is 1. The normalized spacial score (nSPS) is 14.4. The third kappa shape index (κ3) is 7.89. The van der Waals surface area contributed by atoms with Crippen molar-refractivity contribution in [2.45, 2.75) is 39.6 Å². The van der Waals surface area contributed by atoms with Gasteiger partial charge in [-0.2, -0.15) is 0 Å². The van der Waals surface area contributed by atoms with Crippen LogP contribution in [0.2, 0.25) is 19.6 Å². The van der Waals surface area contributed by atoms with Crippen LogP contribution in [0.3, 0.4) is 0 Å². The van der Waals surface area contributed by atoms with Crippen LogP contribution >= 0.6 is 7.60 Å². The highest BCUT2D eigenvalue weighted by Gasteiger charge is 2.34. The summed E-state index contributed by atoms with van der Waals surface area (Å²) in [5.74, 6) is -0.568. The molecule has 0 radical (unpaired) electrons. The Labute approximate surface area is 133 Å². The molecule has 1 aromatic carbocycles. The summed E-state index contributed by atoms with van der Waals surface area (Å²) in [4.78, 5) is 11.9. The standard InChI is InChI=1S/C15H25O5PSi/c1-5-11-19-21(17,20-22(2,3)4)13-15(16)18-12-14-9-7-6-8-10-14/h6-10H,5,11-13H2,1-4H3/t21-/m1/s1. The molecule has 0 aromatic heterocycles. The van der Waals surface area contributed by atoms with E-state index in [9.17, 15) is 9.36 Å². The first-order valence-corrected chi connectivity index (χ1v) is 12.5. The summed E-state index contributed by atoms with van der Waals surface area (Å²) in [6, 6.07) is 9.34. The number of hydrogen-bond donors (Lipinski definition) is 0. The van der Waals surface area contributed by atoms with Crippen LogP contribution in [0.4, 0.5) is 0 Å². The van der Waals surface area contributed by atoms with E-state index < -0.39 is 21.9 Å². The van der Waals surface area contributed by atoms with Gasteiger partial charge in [0, 0.05) is 0 Å². The minimum absolute atomic E-state index is 0.153. The Bertz CT molecular complexity index is 512. The van der Waals surface area contributed by atoms with Crippen LogP contribution < -0.4 is 0 Å². The van der Waals surface area contributed by atoms with Crippen molar-refractivity contribution in [1.29, 1.82) is 0 Å². The first kappa shape index (κ1) is 19.1. The highest BCUT2D eigenvalue weighted by atomic mass is 31.2. The fraction of sp³-hybridized carbons (Fsp3) is 0.533. The fourth-order valence-electron chi connectivity index (χ4n) is 1.69. The first-order chi connectivity index (χ1) is 10.2. The topological polar surface area (TPSA) is 61.8 Å². The van der Waals surface area contributed by atoms with Gasteiger partial charge in [-0.1, -0.05) is 37.3 Å². The maximum absolute atomic E-state index is 12.7. The zero-order valence-corrected chi connectivity index (χ0v) is 15.6. The second kappa shape index (κ2) is 8.63. The first-order valence-electron chi connectivity index (χ1n) is 7.38. The van der Waals surface area contributed by atoms with Gasteiger partial charge in [-0.15, -0.1) is 0 Å². The van der Waals surface area contributed by atoms with Crippen molar-refractivity contribution >= 4 is 21.9 Å². The summed E-state index contributed by atoms with van der Waals surface area (Å²) >= 11 is 0. The van der Waals surface area contributed by atoms with E-state index in [-0.39, 0.29) is 12.8 Å². The van der Waals surface area contributed by atoms with E-state index in [2.05, 4.69) is 0 Å². The Hall–Kier alpha value is -0.943. The lowest BCUT2D eigenvalue weighted by atomic mass is 10.2. The molecule has 0 N–H and O–H groups in total. The largest absolute Gasteiger partial charge is 0.460 e. The average Bonchev–Trinajstić information content (AvgIpc) is 2.42. The second-order valence-electron chi connectivity index (χ2n) is 5.95. The summed E-state index contributed by atoms with van der Waals surface area (Å²) in [7, 11) is -5.54. The molecule has 22 heavy (non-hydrogen) atoms. The van der Waals surface area contributed by atoms with Crippen molar-refractivity contribution in [3.63, 3.8) is 0 Å². The number of benzene rings is 1. The molecule has 1 atom stereocenters. The lowest BCUT2D eigenvalue weighted by molar-refractivity contribution is -0.142. The van der Waals surface area contributed by atoms with Gasteiger partial charge in [0.05, 0.1) is 6.61 Å². The van der Waals surface area contributed by atoms with Crippen LogP contribution in [0.15, 0.2) is 30.3 Å². The molecule has 0 saturated heterocycles. The van der Waals surface area contributed by atoms with Gasteiger partial charge in [0.25, 0.3) is 0 Å². The molecule has 0 heterocycles. The molecule has 0 fully saturated rings. The molecule has 0 amide bonds. The monoisotopic (exact) mass is 344 g/mol. The summed E-state index contributed by atoms with van der Waals surface area (Å²) in [6.45, 7) is 8.08. The van der Waals surface area contributed by atoms with Crippen LogP contribution in [0.25, 0.3) is 0 Å². The van der Waals surface area contributed by atoms with Gasteiger partial charge >= 0.3 is 13.6 Å². The molecule has 0 unspecified atom stereocenters. The predicted octanol–water partition coefficient (Wildman–Crippen LogP) is 4.20. The summed E-state index contributed by atoms with van der Waals surface area (Å²) < 4.78 is 28.8. The molecule has 0 spiro atoms. The number of esters is 1. The van der Waals surface area contributed by atoms with Gasteiger partial charge < -0.3 is 13.5 Å². The molecular weight excluding hydrogens is 319 g/mol. The van der Waals surface area contributed by atoms with Gasteiger partial charge in [-0.25, -0.2) is 0 Å². The number of carbonyl (C=O) groups is 1. The molecule has 0 saturated carbocycles. The van der Waals surface area contributed by atoms with Crippen molar-refractivity contribution in [1.82, 2.24) is 0 Å². The van der Waals surface area contributed by atoms with Crippen LogP contribution in [0.5, 0.6) is 0 Å². The second-order valence-corrected chi connectivity index (χ2v) is 12.7. The molecule has 0 aliphatic carbocycles. The summed E-state index contributed by atoms with van der Waals surface area (Å²) in [6.07, 6.45) is 0.363. The van der Waals surface area contributed by atoms with Gasteiger partial charge in [-0.3, -0.25) is 9.36 Å². The van der Waals surface area contributed by atoms with E-state index in [0.717, 1.165) is 5.56 Å². The molecule has 0 bridgehead atoms. The highest BCUT2D eigenvalue weighted by molar-refractivity contribution is 7.56. The van der Waals surface area contributed by atoms with Gasteiger partial charge in [0.1, 0.15) is 12.8 Å². The fourth-order valence-corrected chi connectivity index (χ4v) is 6.46. The number of hydrogen-bond acceptors (Lipinski definition) is 5. The van der Waals surface area contributed by atoms with Crippen LogP contribution in [-0.2, 0) is 29.4 Å². The maximum atomic E-state index is 12.7. The van der Waals surface area contributed by atoms with E-state index in [4.69, 9.17) is 13.5 Å². The van der Waals surface area contributed by atoms with E-state index >= 15 is 0 Å². The van der Waals surface area contributed by atoms with E-state index in [1.807, 2.05) is 56.9 Å². The van der Waals surface area contributed by atoms with Crippen molar-refractivity contribution in [3.8, 4) is 0 Å².